The molecule has 3 rings (SSSR count). The van der Waals surface area contributed by atoms with Gasteiger partial charge in [-0.2, -0.15) is 13.2 Å². The molecule has 0 saturated carbocycles. The lowest BCUT2D eigenvalue weighted by molar-refractivity contribution is -0.137. The Morgan fingerprint density at radius 2 is 2.06 bits per heavy atom. The first kappa shape index (κ1) is 22.5. The summed E-state index contributed by atoms with van der Waals surface area (Å²) in [7, 11) is 0. The molecular weight excluding hydrogens is 440 g/mol. The summed E-state index contributed by atoms with van der Waals surface area (Å²) in [5.41, 5.74) is -0.622. The quantitative estimate of drug-likeness (QED) is 0.392. The van der Waals surface area contributed by atoms with Gasteiger partial charge >= 0.3 is 6.18 Å². The van der Waals surface area contributed by atoms with Gasteiger partial charge in [0.25, 0.3) is 5.91 Å². The molecule has 0 spiro atoms. The number of amides is 1. The molecule has 1 aromatic carbocycles. The molecule has 1 unspecified atom stereocenters. The minimum Gasteiger partial charge on any atom is -0.347 e. The molecule has 0 bridgehead atoms. The van der Waals surface area contributed by atoms with E-state index < -0.39 is 23.8 Å². The first-order valence-corrected chi connectivity index (χ1v) is 9.82. The average Bonchev–Trinajstić information content (AvgIpc) is 3.39. The highest BCUT2D eigenvalue weighted by Gasteiger charge is 2.30. The lowest BCUT2D eigenvalue weighted by Gasteiger charge is -2.09. The van der Waals surface area contributed by atoms with E-state index >= 15 is 0 Å². The van der Waals surface area contributed by atoms with Crippen LogP contribution in [0.5, 0.6) is 0 Å². The van der Waals surface area contributed by atoms with Gasteiger partial charge < -0.3 is 5.32 Å². The van der Waals surface area contributed by atoms with Gasteiger partial charge in [0.1, 0.15) is 11.2 Å². The molecule has 0 aliphatic rings. The second kappa shape index (κ2) is 9.73. The van der Waals surface area contributed by atoms with Crippen LogP contribution in [0.3, 0.4) is 0 Å². The summed E-state index contributed by atoms with van der Waals surface area (Å²) in [6.07, 6.45) is -3.53. The number of nitrogens with one attached hydrogen (secondary N) is 1. The van der Waals surface area contributed by atoms with Crippen molar-refractivity contribution in [1.82, 2.24) is 30.5 Å². The zero-order chi connectivity index (χ0) is 22.4. The number of carbonyl (C=O) groups is 2. The Kier molecular flexibility index (Phi) is 7.05. The van der Waals surface area contributed by atoms with E-state index in [0.29, 0.717) is 17.7 Å². The molecular formula is C18H16F4N6O2S. The molecule has 0 fully saturated rings. The van der Waals surface area contributed by atoms with E-state index in [9.17, 15) is 27.2 Å². The Morgan fingerprint density at radius 1 is 1.26 bits per heavy atom. The Morgan fingerprint density at radius 3 is 2.77 bits per heavy atom. The molecule has 8 nitrogen and oxygen atoms in total. The molecule has 0 aliphatic carbocycles. The van der Waals surface area contributed by atoms with Crippen LogP contribution in [0.2, 0.25) is 0 Å². The summed E-state index contributed by atoms with van der Waals surface area (Å²) >= 11 is 1.09. The minimum absolute atomic E-state index is 0.0843. The molecule has 1 N–H and O–H groups in total. The average molecular weight is 456 g/mol. The standard InChI is InChI=1S/C18H16F4N6O2S/c19-13(4-5-15-25-26-16(10-29)31-15)8-28-9-14(24-27-28)17(30)23-7-11-2-1-3-12(6-11)18(20,21)22/h1-3,6,9-10,13H,4-5,7-8H2,(H,23,30). The SMILES string of the molecule is O=Cc1nnc(CCC(F)Cn2cc(C(=O)NCc3cccc(C(F)(F)F)c3)nn2)s1. The number of nitrogens with zero attached hydrogens (tertiary/aromatic N) is 5. The summed E-state index contributed by atoms with van der Waals surface area (Å²) in [6, 6.07) is 4.59. The largest absolute Gasteiger partial charge is 0.416 e. The van der Waals surface area contributed by atoms with E-state index in [4.69, 9.17) is 0 Å². The fraction of sp³-hybridized carbons (Fsp3) is 0.333. The molecule has 0 saturated heterocycles. The van der Waals surface area contributed by atoms with Crippen molar-refractivity contribution in [2.24, 2.45) is 0 Å². The number of benzene rings is 1. The second-order valence-corrected chi connectivity index (χ2v) is 7.59. The van der Waals surface area contributed by atoms with Gasteiger partial charge in [0.2, 0.25) is 0 Å². The monoisotopic (exact) mass is 456 g/mol. The molecule has 1 atom stereocenters. The van der Waals surface area contributed by atoms with Crippen LogP contribution in [0.25, 0.3) is 0 Å². The third kappa shape index (κ3) is 6.38. The summed E-state index contributed by atoms with van der Waals surface area (Å²) in [6.45, 7) is -0.279. The van der Waals surface area contributed by atoms with Crippen molar-refractivity contribution in [3.8, 4) is 0 Å². The van der Waals surface area contributed by atoms with Crippen LogP contribution in [0.1, 0.15) is 42.8 Å². The number of hydrogen-bond acceptors (Lipinski definition) is 7. The third-order valence-corrected chi connectivity index (χ3v) is 5.03. The molecule has 31 heavy (non-hydrogen) atoms. The number of alkyl halides is 4. The summed E-state index contributed by atoms with van der Waals surface area (Å²) in [5.74, 6) is -0.644. The summed E-state index contributed by atoms with van der Waals surface area (Å²) in [5, 5.41) is 18.0. The summed E-state index contributed by atoms with van der Waals surface area (Å²) < 4.78 is 53.6. The van der Waals surface area contributed by atoms with Gasteiger partial charge in [-0.3, -0.25) is 9.59 Å². The van der Waals surface area contributed by atoms with E-state index in [1.165, 1.54) is 23.0 Å². The van der Waals surface area contributed by atoms with Crippen LogP contribution in [0.4, 0.5) is 17.6 Å². The smallest absolute Gasteiger partial charge is 0.347 e. The Bertz CT molecular complexity index is 1050. The first-order valence-electron chi connectivity index (χ1n) is 9.00. The fourth-order valence-electron chi connectivity index (χ4n) is 2.61. The summed E-state index contributed by atoms with van der Waals surface area (Å²) in [4.78, 5) is 22.7. The second-order valence-electron chi connectivity index (χ2n) is 6.49. The van der Waals surface area contributed by atoms with Crippen LogP contribution < -0.4 is 5.32 Å². The Hall–Kier alpha value is -3.22. The van der Waals surface area contributed by atoms with Gasteiger partial charge in [-0.1, -0.05) is 28.7 Å². The maximum absolute atomic E-state index is 14.2. The van der Waals surface area contributed by atoms with Crippen LogP contribution >= 0.6 is 11.3 Å². The number of halogens is 4. The highest BCUT2D eigenvalue weighted by atomic mass is 32.1. The van der Waals surface area contributed by atoms with E-state index in [-0.39, 0.29) is 35.8 Å². The minimum atomic E-state index is -4.47. The van der Waals surface area contributed by atoms with Crippen molar-refractivity contribution in [2.45, 2.75) is 38.3 Å². The highest BCUT2D eigenvalue weighted by Crippen LogP contribution is 2.29. The lowest BCUT2D eigenvalue weighted by atomic mass is 10.1. The molecule has 0 radical (unpaired) electrons. The van der Waals surface area contributed by atoms with Gasteiger partial charge in [-0.05, 0) is 24.1 Å². The number of hydrogen-bond donors (Lipinski definition) is 1. The van der Waals surface area contributed by atoms with Gasteiger partial charge in [-0.25, -0.2) is 9.07 Å². The van der Waals surface area contributed by atoms with E-state index in [1.54, 1.807) is 0 Å². The number of aromatic nitrogens is 5. The van der Waals surface area contributed by atoms with Crippen LogP contribution in [-0.2, 0) is 25.7 Å². The first-order chi connectivity index (χ1) is 14.7. The van der Waals surface area contributed by atoms with Crippen LogP contribution in [0, 0.1) is 0 Å². The predicted molar refractivity (Wildman–Crippen MR) is 101 cm³/mol. The lowest BCUT2D eigenvalue weighted by Crippen LogP contribution is -2.23. The topological polar surface area (TPSA) is 103 Å². The molecule has 1 amide bonds. The Labute approximate surface area is 177 Å². The van der Waals surface area contributed by atoms with Crippen molar-refractivity contribution < 1.29 is 27.2 Å². The van der Waals surface area contributed by atoms with Gasteiger partial charge in [-0.15, -0.1) is 15.3 Å². The fourth-order valence-corrected chi connectivity index (χ4v) is 3.28. The zero-order valence-corrected chi connectivity index (χ0v) is 16.7. The number of carbonyl (C=O) groups excluding carboxylic acids is 2. The molecule has 3 aromatic rings. The van der Waals surface area contributed by atoms with Crippen molar-refractivity contribution in [2.75, 3.05) is 0 Å². The molecule has 2 aromatic heterocycles. The molecule has 164 valence electrons. The molecule has 0 aliphatic heterocycles. The van der Waals surface area contributed by atoms with Gasteiger partial charge in [0.15, 0.2) is 17.0 Å². The normalized spacial score (nSPS) is 12.5. The maximum atomic E-state index is 14.2. The third-order valence-electron chi connectivity index (χ3n) is 4.12. The highest BCUT2D eigenvalue weighted by molar-refractivity contribution is 7.12. The molecule has 13 heteroatoms. The predicted octanol–water partition coefficient (Wildman–Crippen LogP) is 2.86. The molecule has 2 heterocycles. The van der Waals surface area contributed by atoms with Crippen molar-refractivity contribution in [3.63, 3.8) is 0 Å². The van der Waals surface area contributed by atoms with Crippen molar-refractivity contribution in [3.05, 3.63) is 57.3 Å². The number of aldehydes is 1. The van der Waals surface area contributed by atoms with E-state index in [0.717, 1.165) is 23.5 Å². The van der Waals surface area contributed by atoms with Crippen molar-refractivity contribution in [1.29, 1.82) is 0 Å². The maximum Gasteiger partial charge on any atom is 0.416 e. The van der Waals surface area contributed by atoms with Crippen molar-refractivity contribution >= 4 is 23.5 Å². The van der Waals surface area contributed by atoms with Gasteiger partial charge in [0.05, 0.1) is 18.3 Å². The van der Waals surface area contributed by atoms with Gasteiger partial charge in [0, 0.05) is 13.0 Å². The van der Waals surface area contributed by atoms with E-state index in [1.807, 2.05) is 0 Å². The zero-order valence-electron chi connectivity index (χ0n) is 15.8. The Balaban J connectivity index is 1.49. The van der Waals surface area contributed by atoms with Crippen LogP contribution in [-0.4, -0.2) is 43.6 Å². The van der Waals surface area contributed by atoms with Crippen LogP contribution in [0.15, 0.2) is 30.5 Å². The van der Waals surface area contributed by atoms with E-state index in [2.05, 4.69) is 25.8 Å². The number of aryl methyl sites for hydroxylation is 1. The number of rotatable bonds is 9.